The van der Waals surface area contributed by atoms with E-state index in [2.05, 4.69) is 25.1 Å². The van der Waals surface area contributed by atoms with Crippen LogP contribution in [-0.2, 0) is 0 Å². The molecule has 3 aromatic rings. The lowest BCUT2D eigenvalue weighted by Crippen LogP contribution is -2.38. The molecule has 0 unspecified atom stereocenters. The highest BCUT2D eigenvalue weighted by Gasteiger charge is 2.26. The molecule has 27 heavy (non-hydrogen) atoms. The topological polar surface area (TPSA) is 114 Å². The second-order valence-corrected chi connectivity index (χ2v) is 6.75. The first-order valence-corrected chi connectivity index (χ1v) is 8.96. The van der Waals surface area contributed by atoms with Crippen molar-refractivity contribution >= 4 is 11.7 Å². The molecule has 1 fully saturated rings. The lowest BCUT2D eigenvalue weighted by molar-refractivity contribution is 0.0711. The first-order valence-electron chi connectivity index (χ1n) is 8.96. The molecule has 0 radical (unpaired) electrons. The standard InChI is InChI=1S/C19H21N7O/c1-12-23-18(25-24-12)13-5-7-26(8-6-13)19(27)15-4-2-3-14(9-15)16-10-22-17(20)11-21-16/h2-4,9-11,13H,5-8H2,1H3,(H2,20,22)(H,23,24,25). The molecular weight excluding hydrogens is 342 g/mol. The molecule has 1 aliphatic heterocycles. The number of nitrogen functional groups attached to an aromatic ring is 1. The highest BCUT2D eigenvalue weighted by atomic mass is 16.2. The quantitative estimate of drug-likeness (QED) is 0.737. The lowest BCUT2D eigenvalue weighted by Gasteiger charge is -2.31. The van der Waals surface area contributed by atoms with Crippen molar-refractivity contribution in [1.82, 2.24) is 30.0 Å². The van der Waals surface area contributed by atoms with Crippen LogP contribution in [0.3, 0.4) is 0 Å². The fourth-order valence-corrected chi connectivity index (χ4v) is 3.36. The van der Waals surface area contributed by atoms with Gasteiger partial charge in [0.15, 0.2) is 5.82 Å². The van der Waals surface area contributed by atoms with Crippen LogP contribution in [0.25, 0.3) is 11.3 Å². The molecule has 4 rings (SSSR count). The normalized spacial score (nSPS) is 15.1. The molecule has 1 saturated heterocycles. The highest BCUT2D eigenvalue weighted by Crippen LogP contribution is 2.27. The Bertz CT molecular complexity index is 943. The van der Waals surface area contributed by atoms with Crippen LogP contribution in [0.4, 0.5) is 5.82 Å². The average molecular weight is 363 g/mol. The van der Waals surface area contributed by atoms with Crippen LogP contribution in [0.15, 0.2) is 36.7 Å². The minimum Gasteiger partial charge on any atom is -0.382 e. The molecule has 0 spiro atoms. The number of amides is 1. The Morgan fingerprint density at radius 1 is 1.22 bits per heavy atom. The number of H-pyrrole nitrogens is 1. The van der Waals surface area contributed by atoms with Crippen molar-refractivity contribution in [3.8, 4) is 11.3 Å². The van der Waals surface area contributed by atoms with E-state index >= 15 is 0 Å². The number of aromatic amines is 1. The Hall–Kier alpha value is -3.29. The maximum atomic E-state index is 12.9. The summed E-state index contributed by atoms with van der Waals surface area (Å²) in [5.74, 6) is 2.38. The minimum atomic E-state index is 0.0323. The van der Waals surface area contributed by atoms with Crippen LogP contribution in [0.5, 0.6) is 0 Å². The predicted molar refractivity (Wildman–Crippen MR) is 101 cm³/mol. The number of rotatable bonds is 3. The number of carbonyl (C=O) groups excluding carboxylic acids is 1. The van der Waals surface area contributed by atoms with Crippen molar-refractivity contribution in [3.63, 3.8) is 0 Å². The molecule has 0 atom stereocenters. The van der Waals surface area contributed by atoms with Crippen molar-refractivity contribution in [1.29, 1.82) is 0 Å². The number of nitrogens with one attached hydrogen (secondary N) is 1. The maximum Gasteiger partial charge on any atom is 0.253 e. The Morgan fingerprint density at radius 3 is 2.70 bits per heavy atom. The summed E-state index contributed by atoms with van der Waals surface area (Å²) < 4.78 is 0. The van der Waals surface area contributed by atoms with Gasteiger partial charge in [-0.05, 0) is 31.9 Å². The van der Waals surface area contributed by atoms with Gasteiger partial charge in [0.25, 0.3) is 5.91 Å². The SMILES string of the molecule is Cc1nc(C2CCN(C(=O)c3cccc(-c4cnc(N)cn4)c3)CC2)n[nH]1. The van der Waals surface area contributed by atoms with Gasteiger partial charge < -0.3 is 10.6 Å². The van der Waals surface area contributed by atoms with E-state index in [4.69, 9.17) is 5.73 Å². The first kappa shape index (κ1) is 17.1. The summed E-state index contributed by atoms with van der Waals surface area (Å²) in [6.07, 6.45) is 4.86. The molecule has 0 saturated carbocycles. The molecule has 0 bridgehead atoms. The predicted octanol–water partition coefficient (Wildman–Crippen LogP) is 2.17. The molecule has 8 heteroatoms. The van der Waals surface area contributed by atoms with Gasteiger partial charge in [-0.25, -0.2) is 9.97 Å². The van der Waals surface area contributed by atoms with Crippen molar-refractivity contribution in [2.75, 3.05) is 18.8 Å². The third kappa shape index (κ3) is 3.64. The summed E-state index contributed by atoms with van der Waals surface area (Å²) >= 11 is 0. The van der Waals surface area contributed by atoms with Crippen molar-refractivity contribution < 1.29 is 4.79 Å². The van der Waals surface area contributed by atoms with E-state index in [1.54, 1.807) is 6.20 Å². The largest absolute Gasteiger partial charge is 0.382 e. The van der Waals surface area contributed by atoms with Crippen LogP contribution < -0.4 is 5.73 Å². The van der Waals surface area contributed by atoms with Crippen molar-refractivity contribution in [3.05, 3.63) is 53.9 Å². The number of benzene rings is 1. The molecule has 1 amide bonds. The van der Waals surface area contributed by atoms with Crippen LogP contribution in [-0.4, -0.2) is 49.0 Å². The van der Waals surface area contributed by atoms with Crippen molar-refractivity contribution in [2.24, 2.45) is 0 Å². The van der Waals surface area contributed by atoms with Gasteiger partial charge in [0.05, 0.1) is 18.1 Å². The third-order valence-electron chi connectivity index (χ3n) is 4.84. The van der Waals surface area contributed by atoms with Crippen molar-refractivity contribution in [2.45, 2.75) is 25.7 Å². The lowest BCUT2D eigenvalue weighted by atomic mass is 9.95. The van der Waals surface area contributed by atoms with E-state index in [1.165, 1.54) is 6.20 Å². The van der Waals surface area contributed by atoms with Gasteiger partial charge in [-0.15, -0.1) is 0 Å². The number of aryl methyl sites for hydroxylation is 1. The van der Waals surface area contributed by atoms with Crippen LogP contribution >= 0.6 is 0 Å². The molecular formula is C19H21N7O. The van der Waals surface area contributed by atoms with E-state index in [0.29, 0.717) is 36.1 Å². The highest BCUT2D eigenvalue weighted by molar-refractivity contribution is 5.95. The van der Waals surface area contributed by atoms with Crippen LogP contribution in [0.1, 0.15) is 40.8 Å². The number of likely N-dealkylation sites (tertiary alicyclic amines) is 1. The Balaban J connectivity index is 1.46. The number of anilines is 1. The summed E-state index contributed by atoms with van der Waals surface area (Å²) in [6, 6.07) is 7.47. The molecule has 138 valence electrons. The summed E-state index contributed by atoms with van der Waals surface area (Å²) in [4.78, 5) is 27.6. The molecule has 1 aromatic carbocycles. The zero-order valence-electron chi connectivity index (χ0n) is 15.1. The maximum absolute atomic E-state index is 12.9. The average Bonchev–Trinajstić information content (AvgIpc) is 3.14. The zero-order valence-corrected chi connectivity index (χ0v) is 15.1. The number of hydrogen-bond donors (Lipinski definition) is 2. The van der Waals surface area contributed by atoms with Crippen LogP contribution in [0, 0.1) is 6.92 Å². The molecule has 0 aliphatic carbocycles. The second kappa shape index (κ2) is 7.14. The van der Waals surface area contributed by atoms with Crippen LogP contribution in [0.2, 0.25) is 0 Å². The van der Waals surface area contributed by atoms with E-state index < -0.39 is 0 Å². The summed E-state index contributed by atoms with van der Waals surface area (Å²) in [5.41, 5.74) is 7.78. The Morgan fingerprint density at radius 2 is 2.04 bits per heavy atom. The first-order chi connectivity index (χ1) is 13.1. The summed E-state index contributed by atoms with van der Waals surface area (Å²) in [6.45, 7) is 3.29. The molecule has 8 nitrogen and oxygen atoms in total. The summed E-state index contributed by atoms with van der Waals surface area (Å²) in [7, 11) is 0. The zero-order chi connectivity index (χ0) is 18.8. The van der Waals surface area contributed by atoms with E-state index in [9.17, 15) is 4.79 Å². The van der Waals surface area contributed by atoms with Gasteiger partial charge in [-0.2, -0.15) is 5.10 Å². The smallest absolute Gasteiger partial charge is 0.253 e. The van der Waals surface area contributed by atoms with Gasteiger partial charge in [-0.3, -0.25) is 14.9 Å². The molecule has 2 aromatic heterocycles. The number of piperidine rings is 1. The number of nitrogens with zero attached hydrogens (tertiary/aromatic N) is 5. The Labute approximate surface area is 156 Å². The van der Waals surface area contributed by atoms with Gasteiger partial charge in [0, 0.05) is 30.1 Å². The monoisotopic (exact) mass is 363 g/mol. The van der Waals surface area contributed by atoms with E-state index in [-0.39, 0.29) is 5.91 Å². The van der Waals surface area contributed by atoms with E-state index in [1.807, 2.05) is 36.1 Å². The number of hydrogen-bond acceptors (Lipinski definition) is 6. The fraction of sp³-hybridized carbons (Fsp3) is 0.316. The molecule has 1 aliphatic rings. The Kier molecular flexibility index (Phi) is 4.53. The fourth-order valence-electron chi connectivity index (χ4n) is 3.36. The third-order valence-corrected chi connectivity index (χ3v) is 4.84. The number of carbonyl (C=O) groups is 1. The van der Waals surface area contributed by atoms with Gasteiger partial charge >= 0.3 is 0 Å². The molecule has 3 N–H and O–H groups in total. The molecule has 3 heterocycles. The second-order valence-electron chi connectivity index (χ2n) is 6.75. The van der Waals surface area contributed by atoms with Gasteiger partial charge in [-0.1, -0.05) is 12.1 Å². The van der Waals surface area contributed by atoms with Gasteiger partial charge in [0.1, 0.15) is 11.6 Å². The van der Waals surface area contributed by atoms with E-state index in [0.717, 1.165) is 30.1 Å². The number of aromatic nitrogens is 5. The van der Waals surface area contributed by atoms with Gasteiger partial charge in [0.2, 0.25) is 0 Å². The number of nitrogens with two attached hydrogens (primary N) is 1. The summed E-state index contributed by atoms with van der Waals surface area (Å²) in [5, 5.41) is 7.15. The minimum absolute atomic E-state index is 0.0323.